The van der Waals surface area contributed by atoms with Crippen molar-refractivity contribution in [3.05, 3.63) is 108 Å². The number of hydrogen-bond acceptors (Lipinski definition) is 7. The Morgan fingerprint density at radius 3 is 1.69 bits per heavy atom. The van der Waals surface area contributed by atoms with Crippen molar-refractivity contribution in [2.75, 3.05) is 13.1 Å². The van der Waals surface area contributed by atoms with Gasteiger partial charge in [-0.25, -0.2) is 9.97 Å². The van der Waals surface area contributed by atoms with E-state index in [9.17, 15) is 19.2 Å². The molecule has 12 nitrogen and oxygen atoms in total. The Hall–Kier alpha value is -6.30. The summed E-state index contributed by atoms with van der Waals surface area (Å²) in [5.41, 5.74) is 8.62. The summed E-state index contributed by atoms with van der Waals surface area (Å²) < 4.78 is 5.56. The average molecular weight is 822 g/mol. The first kappa shape index (κ1) is 41.4. The van der Waals surface area contributed by atoms with Crippen LogP contribution < -0.4 is 5.32 Å². The summed E-state index contributed by atoms with van der Waals surface area (Å²) in [7, 11) is 0. The number of imidazole rings is 2. The molecule has 12 heteroatoms. The largest absolute Gasteiger partial charge is 0.461 e. The van der Waals surface area contributed by atoms with E-state index in [0.717, 1.165) is 87.2 Å². The van der Waals surface area contributed by atoms with Gasteiger partial charge in [0.2, 0.25) is 17.7 Å². The molecule has 4 atom stereocenters. The van der Waals surface area contributed by atoms with E-state index in [1.807, 2.05) is 80.0 Å². The number of benzene rings is 4. The molecule has 4 aromatic carbocycles. The van der Waals surface area contributed by atoms with Gasteiger partial charge in [-0.15, -0.1) is 0 Å². The quantitative estimate of drug-likeness (QED) is 0.0986. The van der Waals surface area contributed by atoms with Gasteiger partial charge >= 0.3 is 5.97 Å². The Bertz CT molecular complexity index is 2540. The molecule has 0 saturated carbocycles. The first-order valence-corrected chi connectivity index (χ1v) is 21.6. The summed E-state index contributed by atoms with van der Waals surface area (Å²) in [5.74, 6) is 0.296. The van der Waals surface area contributed by atoms with Gasteiger partial charge in [0, 0.05) is 20.0 Å². The number of carbonyl (C=O) groups is 4. The van der Waals surface area contributed by atoms with Crippen molar-refractivity contribution in [2.24, 2.45) is 17.8 Å². The average Bonchev–Trinajstić information content (AvgIpc) is 4.09. The van der Waals surface area contributed by atoms with Crippen LogP contribution in [0.25, 0.3) is 44.3 Å². The molecule has 6 aromatic rings. The molecule has 4 heterocycles. The van der Waals surface area contributed by atoms with Crippen LogP contribution in [0.3, 0.4) is 0 Å². The molecular weight excluding hydrogens is 767 g/mol. The predicted molar refractivity (Wildman–Crippen MR) is 236 cm³/mol. The molecule has 3 amide bonds. The molecule has 0 aliphatic carbocycles. The van der Waals surface area contributed by atoms with E-state index in [1.165, 1.54) is 6.92 Å². The van der Waals surface area contributed by atoms with Gasteiger partial charge in [0.05, 0.1) is 46.5 Å². The number of ether oxygens (including phenoxy) is 1. The zero-order chi connectivity index (χ0) is 42.8. The van der Waals surface area contributed by atoms with Gasteiger partial charge in [0.1, 0.15) is 24.3 Å². The summed E-state index contributed by atoms with van der Waals surface area (Å²) >= 11 is 0. The zero-order valence-corrected chi connectivity index (χ0v) is 35.6. The molecule has 0 bridgehead atoms. The highest BCUT2D eigenvalue weighted by Gasteiger charge is 2.39. The van der Waals surface area contributed by atoms with E-state index in [0.29, 0.717) is 13.1 Å². The minimum Gasteiger partial charge on any atom is -0.461 e. The van der Waals surface area contributed by atoms with Gasteiger partial charge in [-0.05, 0) is 89.6 Å². The molecular formula is C49H55N7O5. The number of aromatic amines is 2. The van der Waals surface area contributed by atoms with Crippen molar-refractivity contribution < 1.29 is 23.9 Å². The summed E-state index contributed by atoms with van der Waals surface area (Å²) in [6.07, 6.45) is 3.39. The Morgan fingerprint density at radius 2 is 1.20 bits per heavy atom. The third-order valence-electron chi connectivity index (χ3n) is 12.3. The number of rotatable bonds is 13. The van der Waals surface area contributed by atoms with E-state index in [2.05, 4.69) is 63.8 Å². The zero-order valence-electron chi connectivity index (χ0n) is 35.6. The highest BCUT2D eigenvalue weighted by molar-refractivity contribution is 5.89. The number of aromatic nitrogens is 4. The van der Waals surface area contributed by atoms with Crippen molar-refractivity contribution in [1.82, 2.24) is 35.1 Å². The Balaban J connectivity index is 0.944. The molecule has 0 unspecified atom stereocenters. The number of amides is 3. The molecule has 2 fully saturated rings. The van der Waals surface area contributed by atoms with Gasteiger partial charge in [-0.1, -0.05) is 94.4 Å². The van der Waals surface area contributed by atoms with E-state index in [4.69, 9.17) is 14.7 Å². The van der Waals surface area contributed by atoms with E-state index >= 15 is 0 Å². The van der Waals surface area contributed by atoms with Crippen molar-refractivity contribution in [3.8, 4) is 22.3 Å². The van der Waals surface area contributed by atoms with Crippen LogP contribution in [0.15, 0.2) is 91.0 Å². The van der Waals surface area contributed by atoms with E-state index in [-0.39, 0.29) is 60.6 Å². The predicted octanol–water partition coefficient (Wildman–Crippen LogP) is 8.67. The van der Waals surface area contributed by atoms with Gasteiger partial charge in [0.25, 0.3) is 0 Å². The first-order valence-electron chi connectivity index (χ1n) is 21.6. The molecule has 8 rings (SSSR count). The van der Waals surface area contributed by atoms with Crippen LogP contribution >= 0.6 is 0 Å². The van der Waals surface area contributed by atoms with Crippen LogP contribution in [0.5, 0.6) is 0 Å². The molecule has 0 spiro atoms. The highest BCUT2D eigenvalue weighted by atomic mass is 16.5. The topological polar surface area (TPSA) is 153 Å². The van der Waals surface area contributed by atoms with Crippen LogP contribution in [0.1, 0.15) is 96.0 Å². The molecule has 3 N–H and O–H groups in total. The molecule has 316 valence electrons. The lowest BCUT2D eigenvalue weighted by Gasteiger charge is -2.30. The minimum absolute atomic E-state index is 0.0308. The Labute approximate surface area is 356 Å². The molecule has 2 saturated heterocycles. The second kappa shape index (κ2) is 17.7. The fourth-order valence-corrected chi connectivity index (χ4v) is 8.93. The van der Waals surface area contributed by atoms with Crippen molar-refractivity contribution in [2.45, 2.75) is 91.5 Å². The number of carbonyl (C=O) groups excluding carboxylic acids is 4. The summed E-state index contributed by atoms with van der Waals surface area (Å²) in [6, 6.07) is 29.5. The normalized spacial score (nSPS) is 17.7. The molecule has 61 heavy (non-hydrogen) atoms. The maximum absolute atomic E-state index is 14.0. The third kappa shape index (κ3) is 8.94. The van der Waals surface area contributed by atoms with Crippen LogP contribution in [-0.4, -0.2) is 72.6 Å². The Morgan fingerprint density at radius 1 is 0.689 bits per heavy atom. The lowest BCUT2D eigenvalue weighted by atomic mass is 9.90. The summed E-state index contributed by atoms with van der Waals surface area (Å²) in [4.78, 5) is 73.1. The van der Waals surface area contributed by atoms with Crippen LogP contribution in [0, 0.1) is 17.8 Å². The van der Waals surface area contributed by atoms with Crippen LogP contribution in [0.2, 0.25) is 0 Å². The number of fused-ring (bicyclic) bond motifs is 2. The molecule has 2 aliphatic rings. The van der Waals surface area contributed by atoms with Crippen molar-refractivity contribution in [3.63, 3.8) is 0 Å². The standard InChI is InChI=1S/C49H55N7O5/c1-29(2)37(27-44(58)61-28-32-11-7-6-8-12-32)48(59)55-23-9-13-42(55)46-51-38-21-19-35(25-40(38)53-46)33-15-17-34(18-16-33)36-20-22-39-41(26-36)54-47(52-39)43-14-10-24-56(43)49(60)45(30(3)4)50-31(5)57/h6-8,11-12,15-22,25-26,29-30,37,42-43,45H,9-10,13-14,23-24,27-28H2,1-5H3,(H,50,57)(H,51,53)(H,52,54)/t37-,42-,43-,45-/m0/s1. The van der Waals surface area contributed by atoms with Crippen LogP contribution in [-0.2, 0) is 30.5 Å². The lowest BCUT2D eigenvalue weighted by molar-refractivity contribution is -0.151. The number of hydrogen-bond donors (Lipinski definition) is 3. The van der Waals surface area contributed by atoms with Crippen molar-refractivity contribution in [1.29, 1.82) is 0 Å². The molecule has 0 radical (unpaired) electrons. The Kier molecular flexibility index (Phi) is 12.0. The van der Waals surface area contributed by atoms with E-state index in [1.54, 1.807) is 0 Å². The summed E-state index contributed by atoms with van der Waals surface area (Å²) in [6.45, 7) is 10.7. The third-order valence-corrected chi connectivity index (χ3v) is 12.3. The maximum atomic E-state index is 14.0. The molecule has 2 aromatic heterocycles. The van der Waals surface area contributed by atoms with Gasteiger partial charge in [-0.2, -0.15) is 0 Å². The number of esters is 1. The second-order valence-corrected chi connectivity index (χ2v) is 17.3. The SMILES string of the molecule is CC(=O)N[C@H](C(=O)N1CCC[C@H]1c1nc2ccc(-c3ccc(-c4ccc5nc([C@@H]6CCCN6C(=O)[C@@H](CC(=O)OCc6ccccc6)C(C)C)[nH]c5c4)cc3)cc2[nH]1)C(C)C. The fraction of sp³-hybridized carbons (Fsp3) is 0.388. The lowest BCUT2D eigenvalue weighted by Crippen LogP contribution is -2.50. The smallest absolute Gasteiger partial charge is 0.306 e. The van der Waals surface area contributed by atoms with Crippen molar-refractivity contribution >= 4 is 45.8 Å². The first-order chi connectivity index (χ1) is 29.4. The maximum Gasteiger partial charge on any atom is 0.306 e. The van der Waals surface area contributed by atoms with E-state index < -0.39 is 12.0 Å². The molecule has 2 aliphatic heterocycles. The number of likely N-dealkylation sites (tertiary alicyclic amines) is 2. The number of H-pyrrole nitrogens is 2. The highest BCUT2D eigenvalue weighted by Crippen LogP contribution is 2.37. The minimum atomic E-state index is -0.573. The van der Waals surface area contributed by atoms with Gasteiger partial charge in [0.15, 0.2) is 0 Å². The second-order valence-electron chi connectivity index (χ2n) is 17.3. The fourth-order valence-electron chi connectivity index (χ4n) is 8.93. The summed E-state index contributed by atoms with van der Waals surface area (Å²) in [5, 5.41) is 2.85. The number of nitrogens with zero attached hydrogens (tertiary/aromatic N) is 4. The number of nitrogens with one attached hydrogen (secondary N) is 3. The van der Waals surface area contributed by atoms with Gasteiger partial charge < -0.3 is 29.8 Å². The van der Waals surface area contributed by atoms with Gasteiger partial charge in [-0.3, -0.25) is 19.2 Å². The van der Waals surface area contributed by atoms with Crippen LogP contribution in [0.4, 0.5) is 0 Å². The monoisotopic (exact) mass is 821 g/mol.